The van der Waals surface area contributed by atoms with Crippen LogP contribution in [0.4, 0.5) is 0 Å². The lowest BCUT2D eigenvalue weighted by atomic mass is 9.98. The Bertz CT molecular complexity index is 333. The van der Waals surface area contributed by atoms with E-state index in [1.165, 1.54) is 41.2 Å². The lowest BCUT2D eigenvalue weighted by Gasteiger charge is -2.22. The van der Waals surface area contributed by atoms with Crippen molar-refractivity contribution in [3.8, 4) is 0 Å². The minimum Gasteiger partial charge on any atom is -0.377 e. The van der Waals surface area contributed by atoms with Crippen LogP contribution in [0.15, 0.2) is 24.3 Å². The Morgan fingerprint density at radius 3 is 2.56 bits per heavy atom. The molecule has 0 heterocycles. The number of benzene rings is 1. The Morgan fingerprint density at radius 1 is 1.11 bits per heavy atom. The maximum absolute atomic E-state index is 5.88. The smallest absolute Gasteiger partial charge is 0.0594 e. The molecular formula is C15H22INO. The second-order valence-corrected chi connectivity index (χ2v) is 6.18. The van der Waals surface area contributed by atoms with Gasteiger partial charge in [0.1, 0.15) is 0 Å². The number of rotatable bonds is 6. The molecule has 0 saturated heterocycles. The standard InChI is InChI=1S/C15H22INO/c16-14-8-6-13(7-9-14)12-17-10-11-18-15-4-2-1-3-5-15/h6-9,15,17H,1-5,10-12H2. The van der Waals surface area contributed by atoms with Gasteiger partial charge in [0, 0.05) is 16.7 Å². The zero-order chi connectivity index (χ0) is 12.6. The molecule has 0 aromatic heterocycles. The van der Waals surface area contributed by atoms with Crippen molar-refractivity contribution in [1.29, 1.82) is 0 Å². The van der Waals surface area contributed by atoms with Crippen LogP contribution >= 0.6 is 22.6 Å². The molecule has 0 bridgehead atoms. The van der Waals surface area contributed by atoms with Crippen molar-refractivity contribution in [2.45, 2.75) is 44.8 Å². The van der Waals surface area contributed by atoms with Crippen LogP contribution in [0.25, 0.3) is 0 Å². The van der Waals surface area contributed by atoms with Crippen LogP contribution in [-0.4, -0.2) is 19.3 Å². The fraction of sp³-hybridized carbons (Fsp3) is 0.600. The Balaban J connectivity index is 1.54. The van der Waals surface area contributed by atoms with E-state index in [4.69, 9.17) is 4.74 Å². The quantitative estimate of drug-likeness (QED) is 0.617. The molecule has 0 spiro atoms. The summed E-state index contributed by atoms with van der Waals surface area (Å²) >= 11 is 2.33. The number of nitrogens with one attached hydrogen (secondary N) is 1. The summed E-state index contributed by atoms with van der Waals surface area (Å²) in [5.41, 5.74) is 1.34. The number of hydrogen-bond donors (Lipinski definition) is 1. The van der Waals surface area contributed by atoms with Crippen LogP contribution in [-0.2, 0) is 11.3 Å². The zero-order valence-corrected chi connectivity index (χ0v) is 13.0. The molecule has 1 aliphatic carbocycles. The van der Waals surface area contributed by atoms with Crippen LogP contribution in [0, 0.1) is 3.57 Å². The summed E-state index contributed by atoms with van der Waals surface area (Å²) in [5, 5.41) is 3.43. The van der Waals surface area contributed by atoms with E-state index in [-0.39, 0.29) is 0 Å². The van der Waals surface area contributed by atoms with E-state index < -0.39 is 0 Å². The maximum Gasteiger partial charge on any atom is 0.0594 e. The molecule has 1 fully saturated rings. The Hall–Kier alpha value is -0.130. The minimum absolute atomic E-state index is 0.527. The highest BCUT2D eigenvalue weighted by Gasteiger charge is 2.12. The van der Waals surface area contributed by atoms with Gasteiger partial charge < -0.3 is 10.1 Å². The van der Waals surface area contributed by atoms with Gasteiger partial charge in [-0.1, -0.05) is 31.4 Å². The van der Waals surface area contributed by atoms with Crippen LogP contribution in [0.2, 0.25) is 0 Å². The van der Waals surface area contributed by atoms with Crippen LogP contribution in [0.1, 0.15) is 37.7 Å². The summed E-state index contributed by atoms with van der Waals surface area (Å²) in [5.74, 6) is 0. The van der Waals surface area contributed by atoms with Crippen molar-refractivity contribution in [2.75, 3.05) is 13.2 Å². The van der Waals surface area contributed by atoms with Crippen LogP contribution < -0.4 is 5.32 Å². The molecule has 1 aliphatic rings. The molecule has 2 rings (SSSR count). The van der Waals surface area contributed by atoms with Crippen molar-refractivity contribution >= 4 is 22.6 Å². The summed E-state index contributed by atoms with van der Waals surface area (Å²) in [4.78, 5) is 0. The molecule has 100 valence electrons. The van der Waals surface area contributed by atoms with E-state index in [1.807, 2.05) is 0 Å². The summed E-state index contributed by atoms with van der Waals surface area (Å²) < 4.78 is 7.17. The fourth-order valence-electron chi connectivity index (χ4n) is 2.36. The Morgan fingerprint density at radius 2 is 1.83 bits per heavy atom. The molecule has 1 N–H and O–H groups in total. The molecule has 18 heavy (non-hydrogen) atoms. The highest BCUT2D eigenvalue weighted by atomic mass is 127. The lowest BCUT2D eigenvalue weighted by molar-refractivity contribution is 0.0302. The summed E-state index contributed by atoms with van der Waals surface area (Å²) in [7, 11) is 0. The first-order chi connectivity index (χ1) is 8.84. The largest absolute Gasteiger partial charge is 0.377 e. The van der Waals surface area contributed by atoms with Gasteiger partial charge in [-0.3, -0.25) is 0 Å². The summed E-state index contributed by atoms with van der Waals surface area (Å²) in [6, 6.07) is 8.65. The molecule has 0 atom stereocenters. The van der Waals surface area contributed by atoms with Gasteiger partial charge >= 0.3 is 0 Å². The zero-order valence-electron chi connectivity index (χ0n) is 10.8. The first kappa shape index (κ1) is 14.3. The molecule has 1 saturated carbocycles. The van der Waals surface area contributed by atoms with Crippen LogP contribution in [0.5, 0.6) is 0 Å². The number of halogens is 1. The van der Waals surface area contributed by atoms with E-state index in [2.05, 4.69) is 52.2 Å². The highest BCUT2D eigenvalue weighted by molar-refractivity contribution is 14.1. The first-order valence-electron chi connectivity index (χ1n) is 6.91. The van der Waals surface area contributed by atoms with E-state index in [1.54, 1.807) is 0 Å². The second-order valence-electron chi connectivity index (χ2n) is 4.93. The second kappa shape index (κ2) is 8.12. The van der Waals surface area contributed by atoms with Gasteiger partial charge in [0.25, 0.3) is 0 Å². The van der Waals surface area contributed by atoms with Gasteiger partial charge in [0.15, 0.2) is 0 Å². The summed E-state index contributed by atoms with van der Waals surface area (Å²) in [6.07, 6.45) is 7.14. The van der Waals surface area contributed by atoms with Gasteiger partial charge in [-0.05, 0) is 53.1 Å². The average Bonchev–Trinajstić information content (AvgIpc) is 2.42. The summed E-state index contributed by atoms with van der Waals surface area (Å²) in [6.45, 7) is 2.72. The third-order valence-corrected chi connectivity index (χ3v) is 4.15. The van der Waals surface area contributed by atoms with E-state index in [0.717, 1.165) is 19.7 Å². The van der Waals surface area contributed by atoms with Crippen molar-refractivity contribution < 1.29 is 4.74 Å². The van der Waals surface area contributed by atoms with Crippen molar-refractivity contribution in [3.63, 3.8) is 0 Å². The van der Waals surface area contributed by atoms with Gasteiger partial charge in [-0.15, -0.1) is 0 Å². The third-order valence-electron chi connectivity index (χ3n) is 3.43. The van der Waals surface area contributed by atoms with Crippen molar-refractivity contribution in [1.82, 2.24) is 5.32 Å². The van der Waals surface area contributed by atoms with Crippen LogP contribution in [0.3, 0.4) is 0 Å². The molecular weight excluding hydrogens is 337 g/mol. The Labute approximate surface area is 124 Å². The maximum atomic E-state index is 5.88. The highest BCUT2D eigenvalue weighted by Crippen LogP contribution is 2.19. The van der Waals surface area contributed by atoms with E-state index in [9.17, 15) is 0 Å². The predicted molar refractivity (Wildman–Crippen MR) is 83.7 cm³/mol. The molecule has 1 aromatic carbocycles. The molecule has 0 amide bonds. The Kier molecular flexibility index (Phi) is 6.45. The monoisotopic (exact) mass is 359 g/mol. The van der Waals surface area contributed by atoms with Crippen molar-refractivity contribution in [2.24, 2.45) is 0 Å². The normalized spacial score (nSPS) is 16.9. The first-order valence-corrected chi connectivity index (χ1v) is 7.99. The van der Waals surface area contributed by atoms with Crippen molar-refractivity contribution in [3.05, 3.63) is 33.4 Å². The number of hydrogen-bond acceptors (Lipinski definition) is 2. The molecule has 0 aliphatic heterocycles. The average molecular weight is 359 g/mol. The SMILES string of the molecule is Ic1ccc(CNCCOC2CCCCC2)cc1. The number of ether oxygens (including phenoxy) is 1. The van der Waals surface area contributed by atoms with E-state index >= 15 is 0 Å². The third kappa shape index (κ3) is 5.24. The molecule has 1 aromatic rings. The van der Waals surface area contributed by atoms with E-state index in [0.29, 0.717) is 6.10 Å². The minimum atomic E-state index is 0.527. The molecule has 0 unspecified atom stereocenters. The lowest BCUT2D eigenvalue weighted by Crippen LogP contribution is -2.24. The molecule has 2 nitrogen and oxygen atoms in total. The fourth-order valence-corrected chi connectivity index (χ4v) is 2.72. The predicted octanol–water partition coefficient (Wildman–Crippen LogP) is 3.73. The van der Waals surface area contributed by atoms with Gasteiger partial charge in [0.05, 0.1) is 12.7 Å². The van der Waals surface area contributed by atoms with Gasteiger partial charge in [-0.25, -0.2) is 0 Å². The van der Waals surface area contributed by atoms with Gasteiger partial charge in [-0.2, -0.15) is 0 Å². The molecule has 0 radical (unpaired) electrons. The topological polar surface area (TPSA) is 21.3 Å². The van der Waals surface area contributed by atoms with Gasteiger partial charge in [0.2, 0.25) is 0 Å². The molecule has 3 heteroatoms.